The lowest BCUT2D eigenvalue weighted by Gasteiger charge is -2.28. The molecule has 2 N–H and O–H groups in total. The zero-order valence-electron chi connectivity index (χ0n) is 10.1. The molecule has 18 heavy (non-hydrogen) atoms. The summed E-state index contributed by atoms with van der Waals surface area (Å²) in [5.41, 5.74) is 0.212. The number of rotatable bonds is 4. The molecule has 0 aromatic heterocycles. The van der Waals surface area contributed by atoms with E-state index in [0.29, 0.717) is 12.8 Å². The van der Waals surface area contributed by atoms with Crippen LogP contribution in [0.1, 0.15) is 31.2 Å². The third-order valence-electron chi connectivity index (χ3n) is 3.67. The summed E-state index contributed by atoms with van der Waals surface area (Å²) in [4.78, 5) is 30.3. The molecule has 0 aliphatic heterocycles. The molecule has 1 aromatic carbocycles. The summed E-state index contributed by atoms with van der Waals surface area (Å²) >= 11 is 0. The van der Waals surface area contributed by atoms with Crippen molar-refractivity contribution in [2.24, 2.45) is 0 Å². The van der Waals surface area contributed by atoms with Crippen LogP contribution in [0.4, 0.5) is 0 Å². The quantitative estimate of drug-likeness (QED) is 0.821. The fraction of sp³-hybridized carbons (Fsp3) is 0.462. The predicted molar refractivity (Wildman–Crippen MR) is 68.5 cm³/mol. The van der Waals surface area contributed by atoms with Crippen LogP contribution in [0.15, 0.2) is 30.3 Å². The number of ketones is 1. The highest BCUT2D eigenvalue weighted by Gasteiger charge is 2.44. The van der Waals surface area contributed by atoms with Crippen molar-refractivity contribution in [3.05, 3.63) is 35.9 Å². The highest BCUT2D eigenvalue weighted by Crippen LogP contribution is 2.45. The number of benzene rings is 1. The van der Waals surface area contributed by atoms with E-state index in [1.165, 1.54) is 0 Å². The molecule has 0 saturated heterocycles. The molecule has 5 heteroatoms. The molecular weight excluding hydrogens is 251 g/mol. The molecule has 1 aliphatic rings. The predicted octanol–water partition coefficient (Wildman–Crippen LogP) is 2.25. The molecule has 1 aliphatic carbocycles. The zero-order valence-corrected chi connectivity index (χ0v) is 11.0. The lowest BCUT2D eigenvalue weighted by atomic mass is 9.76. The van der Waals surface area contributed by atoms with Crippen LogP contribution in [0.5, 0.6) is 0 Å². The Balaban J connectivity index is 2.34. The van der Waals surface area contributed by atoms with Gasteiger partial charge >= 0.3 is 7.60 Å². The zero-order chi connectivity index (χ0) is 13.2. The SMILES string of the molecule is O=C(CP(=O)(O)O)C1(c2ccccc2)CCCC1. The first-order chi connectivity index (χ1) is 8.44. The van der Waals surface area contributed by atoms with Gasteiger partial charge in [-0.2, -0.15) is 0 Å². The Morgan fingerprint density at radius 3 is 2.22 bits per heavy atom. The van der Waals surface area contributed by atoms with Crippen LogP contribution in [-0.2, 0) is 14.8 Å². The second kappa shape index (κ2) is 4.96. The summed E-state index contributed by atoms with van der Waals surface area (Å²) in [5.74, 6) is -0.320. The first-order valence-electron chi connectivity index (χ1n) is 6.07. The monoisotopic (exact) mass is 268 g/mol. The minimum absolute atomic E-state index is 0.320. The van der Waals surface area contributed by atoms with Crippen LogP contribution in [0.25, 0.3) is 0 Å². The van der Waals surface area contributed by atoms with E-state index in [0.717, 1.165) is 18.4 Å². The molecular formula is C13H17O4P. The number of carbonyl (C=O) groups is 1. The van der Waals surface area contributed by atoms with Gasteiger partial charge < -0.3 is 9.79 Å². The van der Waals surface area contributed by atoms with E-state index < -0.39 is 19.2 Å². The maximum absolute atomic E-state index is 12.3. The first-order valence-corrected chi connectivity index (χ1v) is 7.87. The molecule has 0 radical (unpaired) electrons. The van der Waals surface area contributed by atoms with Crippen LogP contribution < -0.4 is 0 Å². The maximum atomic E-state index is 12.3. The molecule has 0 spiro atoms. The Morgan fingerprint density at radius 2 is 1.72 bits per heavy atom. The van der Waals surface area contributed by atoms with E-state index >= 15 is 0 Å². The molecule has 1 aromatic rings. The largest absolute Gasteiger partial charge is 0.332 e. The van der Waals surface area contributed by atoms with Gasteiger partial charge in [-0.3, -0.25) is 9.36 Å². The summed E-state index contributed by atoms with van der Waals surface area (Å²) in [6.45, 7) is 0. The third kappa shape index (κ3) is 2.72. The van der Waals surface area contributed by atoms with Crippen LogP contribution >= 0.6 is 7.60 Å². The van der Waals surface area contributed by atoms with Gasteiger partial charge in [0.2, 0.25) is 0 Å². The van der Waals surface area contributed by atoms with Gasteiger partial charge in [-0.05, 0) is 18.4 Å². The highest BCUT2D eigenvalue weighted by molar-refractivity contribution is 7.52. The van der Waals surface area contributed by atoms with Gasteiger partial charge in [-0.15, -0.1) is 0 Å². The van der Waals surface area contributed by atoms with Crippen LogP contribution in [0.3, 0.4) is 0 Å². The van der Waals surface area contributed by atoms with Crippen LogP contribution in [0, 0.1) is 0 Å². The molecule has 0 heterocycles. The van der Waals surface area contributed by atoms with Crippen molar-refractivity contribution in [1.29, 1.82) is 0 Å². The second-order valence-corrected chi connectivity index (χ2v) is 6.55. The Hall–Kier alpha value is -0.960. The lowest BCUT2D eigenvalue weighted by Crippen LogP contribution is -2.35. The molecule has 2 rings (SSSR count). The molecule has 4 nitrogen and oxygen atoms in total. The first kappa shape index (κ1) is 13.5. The Kier molecular flexibility index (Phi) is 3.71. The summed E-state index contributed by atoms with van der Waals surface area (Å²) in [7, 11) is -4.29. The Morgan fingerprint density at radius 1 is 1.17 bits per heavy atom. The van der Waals surface area contributed by atoms with Gasteiger partial charge in [0.1, 0.15) is 6.16 Å². The molecule has 0 amide bonds. The van der Waals surface area contributed by atoms with Crippen LogP contribution in [0.2, 0.25) is 0 Å². The van der Waals surface area contributed by atoms with Gasteiger partial charge in [0.05, 0.1) is 5.41 Å². The molecule has 1 fully saturated rings. The van der Waals surface area contributed by atoms with Gasteiger partial charge in [0.25, 0.3) is 0 Å². The standard InChI is InChI=1S/C13H17O4P/c14-12(10-18(15,16)17)13(8-4-5-9-13)11-6-2-1-3-7-11/h1-3,6-7H,4-5,8-10H2,(H2,15,16,17). The van der Waals surface area contributed by atoms with Gasteiger partial charge in [0.15, 0.2) is 5.78 Å². The molecule has 98 valence electrons. The van der Waals surface area contributed by atoms with Crippen molar-refractivity contribution in [3.8, 4) is 0 Å². The fourth-order valence-corrected chi connectivity index (χ4v) is 3.48. The topological polar surface area (TPSA) is 74.6 Å². The minimum atomic E-state index is -4.29. The average molecular weight is 268 g/mol. The maximum Gasteiger partial charge on any atom is 0.332 e. The summed E-state index contributed by atoms with van der Waals surface area (Å²) in [6, 6.07) is 9.35. The highest BCUT2D eigenvalue weighted by atomic mass is 31.2. The summed E-state index contributed by atoms with van der Waals surface area (Å²) < 4.78 is 11.0. The van der Waals surface area contributed by atoms with Crippen molar-refractivity contribution in [3.63, 3.8) is 0 Å². The Labute approximate surface area is 106 Å². The van der Waals surface area contributed by atoms with Crippen molar-refractivity contribution in [1.82, 2.24) is 0 Å². The second-order valence-electron chi connectivity index (χ2n) is 4.90. The molecule has 0 atom stereocenters. The van der Waals surface area contributed by atoms with Crippen molar-refractivity contribution in [2.75, 3.05) is 6.16 Å². The summed E-state index contributed by atoms with van der Waals surface area (Å²) in [5, 5.41) is 0. The number of hydrogen-bond acceptors (Lipinski definition) is 2. The van der Waals surface area contributed by atoms with Crippen molar-refractivity contribution in [2.45, 2.75) is 31.1 Å². The van der Waals surface area contributed by atoms with E-state index in [2.05, 4.69) is 0 Å². The molecule has 0 bridgehead atoms. The smallest absolute Gasteiger partial charge is 0.324 e. The van der Waals surface area contributed by atoms with E-state index in [9.17, 15) is 9.36 Å². The van der Waals surface area contributed by atoms with Gasteiger partial charge in [-0.25, -0.2) is 0 Å². The van der Waals surface area contributed by atoms with E-state index in [1.54, 1.807) is 0 Å². The number of hydrogen-bond donors (Lipinski definition) is 2. The van der Waals surface area contributed by atoms with E-state index in [4.69, 9.17) is 9.79 Å². The Bertz CT molecular complexity index is 471. The fourth-order valence-electron chi connectivity index (χ4n) is 2.80. The minimum Gasteiger partial charge on any atom is -0.324 e. The van der Waals surface area contributed by atoms with Crippen molar-refractivity contribution >= 4 is 13.4 Å². The lowest BCUT2D eigenvalue weighted by molar-refractivity contribution is -0.122. The molecule has 0 unspecified atom stereocenters. The average Bonchev–Trinajstić information content (AvgIpc) is 2.78. The third-order valence-corrected chi connectivity index (χ3v) is 4.37. The molecule has 1 saturated carbocycles. The van der Waals surface area contributed by atoms with Crippen LogP contribution in [-0.4, -0.2) is 21.7 Å². The van der Waals surface area contributed by atoms with E-state index in [1.807, 2.05) is 30.3 Å². The van der Waals surface area contributed by atoms with Crippen molar-refractivity contribution < 1.29 is 19.1 Å². The van der Waals surface area contributed by atoms with Gasteiger partial charge in [0, 0.05) is 0 Å². The number of Topliss-reactive ketones (excluding diaryl/α,β-unsaturated/α-hetero) is 1. The van der Waals surface area contributed by atoms with E-state index in [-0.39, 0.29) is 5.78 Å². The summed E-state index contributed by atoms with van der Waals surface area (Å²) in [6.07, 6.45) is 2.59. The van der Waals surface area contributed by atoms with Gasteiger partial charge in [-0.1, -0.05) is 43.2 Å². The normalized spacial score (nSPS) is 18.8. The number of carbonyl (C=O) groups excluding carboxylic acids is 1.